The molecule has 0 aliphatic rings. The van der Waals surface area contributed by atoms with Crippen LogP contribution in [0, 0.1) is 0 Å². The molecule has 0 atom stereocenters. The van der Waals surface area contributed by atoms with Gasteiger partial charge < -0.3 is 8.83 Å². The van der Waals surface area contributed by atoms with Gasteiger partial charge in [-0.1, -0.05) is 72.8 Å². The second-order valence-corrected chi connectivity index (χ2v) is 9.29. The normalized spacial score (nSPS) is 11.7. The second kappa shape index (κ2) is 8.11. The molecule has 0 fully saturated rings. The molecule has 0 bridgehead atoms. The summed E-state index contributed by atoms with van der Waals surface area (Å²) in [5, 5.41) is 2.03. The molecule has 4 heterocycles. The summed E-state index contributed by atoms with van der Waals surface area (Å²) in [6, 6.07) is 34.9. The van der Waals surface area contributed by atoms with E-state index >= 15 is 0 Å². The zero-order chi connectivity index (χ0) is 25.1. The second-order valence-electron chi connectivity index (χ2n) is 9.29. The fourth-order valence-corrected chi connectivity index (χ4v) is 5.22. The minimum absolute atomic E-state index is 0.708. The summed E-state index contributed by atoms with van der Waals surface area (Å²) in [7, 11) is 0. The number of rotatable bonds is 3. The number of pyridine rings is 1. The van der Waals surface area contributed by atoms with Gasteiger partial charge in [0.2, 0.25) is 0 Å². The molecule has 0 N–H and O–H groups in total. The number of aromatic nitrogens is 3. The smallest absolute Gasteiger partial charge is 0.180 e. The highest BCUT2D eigenvalue weighted by Crippen LogP contribution is 2.36. The zero-order valence-corrected chi connectivity index (χ0v) is 20.1. The van der Waals surface area contributed by atoms with Crippen LogP contribution >= 0.6 is 0 Å². The van der Waals surface area contributed by atoms with Gasteiger partial charge >= 0.3 is 0 Å². The molecule has 0 amide bonds. The van der Waals surface area contributed by atoms with Crippen molar-refractivity contribution in [3.8, 4) is 33.5 Å². The summed E-state index contributed by atoms with van der Waals surface area (Å²) >= 11 is 0. The average molecular weight is 490 g/mol. The molecule has 0 saturated heterocycles. The van der Waals surface area contributed by atoms with E-state index in [1.807, 2.05) is 60.8 Å². The van der Waals surface area contributed by atoms with Crippen molar-refractivity contribution in [3.63, 3.8) is 0 Å². The molecule has 0 radical (unpaired) electrons. The zero-order valence-electron chi connectivity index (χ0n) is 20.1. The van der Waals surface area contributed by atoms with E-state index in [1.54, 1.807) is 6.33 Å². The van der Waals surface area contributed by atoms with E-state index in [0.717, 1.165) is 72.1 Å². The molecule has 0 aliphatic carbocycles. The van der Waals surface area contributed by atoms with Gasteiger partial charge in [-0.25, -0.2) is 9.97 Å². The van der Waals surface area contributed by atoms with Crippen LogP contribution in [0.15, 0.2) is 124 Å². The van der Waals surface area contributed by atoms with Crippen LogP contribution < -0.4 is 0 Å². The van der Waals surface area contributed by atoms with Crippen molar-refractivity contribution < 1.29 is 8.83 Å². The summed E-state index contributed by atoms with van der Waals surface area (Å²) < 4.78 is 12.3. The number of nitrogens with zero attached hydrogens (tertiary/aromatic N) is 3. The Morgan fingerprint density at radius 3 is 1.68 bits per heavy atom. The fourth-order valence-electron chi connectivity index (χ4n) is 5.22. The molecule has 5 heteroatoms. The molecule has 8 aromatic rings. The lowest BCUT2D eigenvalue weighted by Gasteiger charge is -2.07. The molecule has 0 spiro atoms. The van der Waals surface area contributed by atoms with Gasteiger partial charge in [-0.3, -0.25) is 4.98 Å². The Balaban J connectivity index is 1.14. The van der Waals surface area contributed by atoms with Crippen LogP contribution in [0.1, 0.15) is 0 Å². The Bertz CT molecular complexity index is 1970. The molecular weight excluding hydrogens is 470 g/mol. The molecule has 178 valence electrons. The monoisotopic (exact) mass is 489 g/mol. The third-order valence-corrected chi connectivity index (χ3v) is 7.10. The molecule has 0 aliphatic heterocycles. The highest BCUT2D eigenvalue weighted by molar-refractivity contribution is 6.07. The fraction of sp³-hybridized carbons (Fsp3) is 0. The maximum absolute atomic E-state index is 6.18. The van der Waals surface area contributed by atoms with Crippen molar-refractivity contribution in [2.45, 2.75) is 0 Å². The minimum Gasteiger partial charge on any atom is -0.454 e. The van der Waals surface area contributed by atoms with Crippen molar-refractivity contribution in [3.05, 3.63) is 116 Å². The lowest BCUT2D eigenvalue weighted by atomic mass is 9.99. The molecule has 5 nitrogen and oxygen atoms in total. The number of hydrogen-bond acceptors (Lipinski definition) is 5. The molecule has 0 saturated carbocycles. The third kappa shape index (κ3) is 3.15. The van der Waals surface area contributed by atoms with Crippen LogP contribution in [-0.4, -0.2) is 15.0 Å². The highest BCUT2D eigenvalue weighted by atomic mass is 16.3. The van der Waals surface area contributed by atoms with Crippen LogP contribution in [0.5, 0.6) is 0 Å². The van der Waals surface area contributed by atoms with Crippen LogP contribution in [0.2, 0.25) is 0 Å². The number of furan rings is 2. The van der Waals surface area contributed by atoms with Gasteiger partial charge in [0.1, 0.15) is 34.2 Å². The number of fused-ring (bicyclic) bond motifs is 6. The summed E-state index contributed by atoms with van der Waals surface area (Å²) in [5.41, 5.74) is 11.1. The predicted molar refractivity (Wildman–Crippen MR) is 151 cm³/mol. The van der Waals surface area contributed by atoms with Gasteiger partial charge in [-0.05, 0) is 47.0 Å². The van der Waals surface area contributed by atoms with E-state index in [-0.39, 0.29) is 0 Å². The minimum atomic E-state index is 0.708. The van der Waals surface area contributed by atoms with Crippen molar-refractivity contribution >= 4 is 44.1 Å². The Morgan fingerprint density at radius 1 is 0.447 bits per heavy atom. The SMILES string of the molecule is c1ccc2c(c1)oc1c(-c3ccc(-c4ccc(-c5ncnc6c5oc5ccccc56)cc4)cc3)ccnc12. The van der Waals surface area contributed by atoms with Crippen LogP contribution in [0.3, 0.4) is 0 Å². The van der Waals surface area contributed by atoms with Crippen molar-refractivity contribution in [1.82, 2.24) is 15.0 Å². The van der Waals surface area contributed by atoms with Crippen molar-refractivity contribution in [2.24, 2.45) is 0 Å². The first-order valence-electron chi connectivity index (χ1n) is 12.4. The van der Waals surface area contributed by atoms with Crippen LogP contribution in [-0.2, 0) is 0 Å². The first-order valence-corrected chi connectivity index (χ1v) is 12.4. The molecule has 4 aromatic heterocycles. The van der Waals surface area contributed by atoms with E-state index in [9.17, 15) is 0 Å². The van der Waals surface area contributed by atoms with Gasteiger partial charge in [0, 0.05) is 28.1 Å². The van der Waals surface area contributed by atoms with E-state index < -0.39 is 0 Å². The Labute approximate surface area is 217 Å². The summed E-state index contributed by atoms with van der Waals surface area (Å²) in [6.07, 6.45) is 3.45. The van der Waals surface area contributed by atoms with Crippen molar-refractivity contribution in [2.75, 3.05) is 0 Å². The molecule has 38 heavy (non-hydrogen) atoms. The first-order chi connectivity index (χ1) is 18.8. The quantitative estimate of drug-likeness (QED) is 0.248. The molecule has 8 rings (SSSR count). The van der Waals surface area contributed by atoms with E-state index in [4.69, 9.17) is 8.83 Å². The highest BCUT2D eigenvalue weighted by Gasteiger charge is 2.15. The standard InChI is InChI=1S/C33H19N3O2/c1-3-7-27-25(5-1)30-32(37-27)24(17-18-34-30)22-13-9-20(10-14-22)21-11-15-23(16-12-21)29-33-31(36-19-35-29)26-6-2-4-8-28(26)38-33/h1-19H. The van der Waals surface area contributed by atoms with Crippen LogP contribution in [0.4, 0.5) is 0 Å². The van der Waals surface area contributed by atoms with Crippen molar-refractivity contribution in [1.29, 1.82) is 0 Å². The van der Waals surface area contributed by atoms with Gasteiger partial charge in [0.25, 0.3) is 0 Å². The Kier molecular flexibility index (Phi) is 4.45. The largest absolute Gasteiger partial charge is 0.454 e. The number of para-hydroxylation sites is 2. The van der Waals surface area contributed by atoms with E-state index in [2.05, 4.69) is 63.5 Å². The average Bonchev–Trinajstić information content (AvgIpc) is 3.56. The lowest BCUT2D eigenvalue weighted by molar-refractivity contribution is 0.667. The number of benzene rings is 4. The third-order valence-electron chi connectivity index (χ3n) is 7.10. The summed E-state index contributed by atoms with van der Waals surface area (Å²) in [6.45, 7) is 0. The lowest BCUT2D eigenvalue weighted by Crippen LogP contribution is -1.87. The maximum atomic E-state index is 6.18. The topological polar surface area (TPSA) is 65.0 Å². The molecule has 0 unspecified atom stereocenters. The summed E-state index contributed by atoms with van der Waals surface area (Å²) in [5.74, 6) is 0. The van der Waals surface area contributed by atoms with Crippen LogP contribution in [0.25, 0.3) is 77.6 Å². The number of hydrogen-bond donors (Lipinski definition) is 0. The maximum Gasteiger partial charge on any atom is 0.180 e. The predicted octanol–water partition coefficient (Wildman–Crippen LogP) is 8.67. The van der Waals surface area contributed by atoms with Gasteiger partial charge in [0.15, 0.2) is 11.2 Å². The Morgan fingerprint density at radius 2 is 1.00 bits per heavy atom. The Hall–Kier alpha value is -5.29. The summed E-state index contributed by atoms with van der Waals surface area (Å²) in [4.78, 5) is 13.6. The van der Waals surface area contributed by atoms with Gasteiger partial charge in [0.05, 0.1) is 0 Å². The first kappa shape index (κ1) is 20.9. The molecular formula is C33H19N3O2. The molecule has 4 aromatic carbocycles. The van der Waals surface area contributed by atoms with Gasteiger partial charge in [-0.2, -0.15) is 0 Å². The van der Waals surface area contributed by atoms with E-state index in [1.165, 1.54) is 0 Å². The van der Waals surface area contributed by atoms with E-state index in [0.29, 0.717) is 5.58 Å². The van der Waals surface area contributed by atoms with Gasteiger partial charge in [-0.15, -0.1) is 0 Å².